The lowest BCUT2D eigenvalue weighted by Gasteiger charge is -2.24. The summed E-state index contributed by atoms with van der Waals surface area (Å²) in [7, 11) is 0. The van der Waals surface area contributed by atoms with Crippen LogP contribution >= 0.6 is 35.8 Å². The number of rotatable bonds is 12. The summed E-state index contributed by atoms with van der Waals surface area (Å²) in [4.78, 5) is 15.6. The number of nitrogens with zero attached hydrogens (tertiary/aromatic N) is 1. The second-order valence-electron chi connectivity index (χ2n) is 12.3. The summed E-state index contributed by atoms with van der Waals surface area (Å²) in [5, 5.41) is 1.53. The first-order valence-electron chi connectivity index (χ1n) is 17.8. The van der Waals surface area contributed by atoms with Crippen LogP contribution in [0.1, 0.15) is 75.6 Å². The molecule has 2 aliphatic rings. The van der Waals surface area contributed by atoms with Crippen LogP contribution < -0.4 is 10.3 Å². The molecule has 0 aromatic heterocycles. The van der Waals surface area contributed by atoms with Crippen molar-refractivity contribution in [2.45, 2.75) is 58.3 Å². The molecule has 0 saturated heterocycles. The Hall–Kier alpha value is -4.22. The smallest absolute Gasteiger partial charge is 0.200 e. The predicted octanol–water partition coefficient (Wildman–Crippen LogP) is 13.9. The van der Waals surface area contributed by atoms with Crippen LogP contribution in [0.5, 0.6) is 0 Å². The Balaban J connectivity index is 0.00000248. The lowest BCUT2D eigenvalue weighted by atomic mass is 9.93. The molecule has 0 atom stereocenters. The Bertz CT molecular complexity index is 2140. The van der Waals surface area contributed by atoms with E-state index in [1.807, 2.05) is 38.1 Å². The maximum Gasteiger partial charge on any atom is 0.200 e. The van der Waals surface area contributed by atoms with E-state index in [0.717, 1.165) is 56.8 Å². The highest BCUT2D eigenvalue weighted by Gasteiger charge is 2.20. The standard InChI is InChI=1S/C43H39Cl2NO2S.C2H6/c1-3-5-23-46(24-6-4-2)34-19-15-31(16-20-34)12-11-29-7-9-30(10-8-29)13-14-32-17-21-35(42(49)25-32)43-36-26-33(44)18-22-40(36)48-41-28-39(47)38(45)27-37(41)43;1-2/h7-22,25-28,49H,3-6,23-24H2,1-2H3;1-2H3/b12-11+,14-13+;. The quantitative estimate of drug-likeness (QED) is 0.0772. The normalized spacial score (nSPS) is 11.4. The molecule has 4 aromatic rings. The van der Waals surface area contributed by atoms with E-state index in [1.165, 1.54) is 43.0 Å². The van der Waals surface area contributed by atoms with Crippen molar-refractivity contribution in [2.75, 3.05) is 18.0 Å². The van der Waals surface area contributed by atoms with Gasteiger partial charge in [-0.05, 0) is 83.1 Å². The van der Waals surface area contributed by atoms with Crippen molar-refractivity contribution in [3.8, 4) is 22.5 Å². The van der Waals surface area contributed by atoms with Gasteiger partial charge in [-0.2, -0.15) is 0 Å². The molecule has 1 aliphatic carbocycles. The highest BCUT2D eigenvalue weighted by atomic mass is 35.5. The van der Waals surface area contributed by atoms with E-state index in [-0.39, 0.29) is 10.5 Å². The van der Waals surface area contributed by atoms with Gasteiger partial charge in [0.15, 0.2) is 0 Å². The number of hydrogen-bond donors (Lipinski definition) is 1. The SMILES string of the molecule is CC.CCCCN(CCCC)c1ccc(/C=C/c2ccc(/C=C/c3ccc(-c4c5cc(Cl)c(=O)cc-5oc5ccc(Cl)cc45)c(S)c3)cc2)cc1. The Morgan fingerprint density at radius 3 is 1.78 bits per heavy atom. The van der Waals surface area contributed by atoms with Gasteiger partial charge in [0, 0.05) is 51.3 Å². The molecule has 6 heteroatoms. The maximum absolute atomic E-state index is 12.3. The summed E-state index contributed by atoms with van der Waals surface area (Å²) in [5.41, 5.74) is 8.56. The molecule has 0 saturated carbocycles. The Morgan fingerprint density at radius 2 is 1.22 bits per heavy atom. The first kappa shape index (κ1) is 38.0. The molecule has 4 aromatic carbocycles. The van der Waals surface area contributed by atoms with Crippen LogP contribution in [-0.4, -0.2) is 13.1 Å². The molecule has 0 amide bonds. The zero-order chi connectivity index (χ0) is 36.3. The van der Waals surface area contributed by atoms with Crippen molar-refractivity contribution < 1.29 is 4.42 Å². The molecule has 0 bridgehead atoms. The minimum absolute atomic E-state index is 0.133. The summed E-state index contributed by atoms with van der Waals surface area (Å²) in [6, 6.07) is 32.1. The molecule has 0 fully saturated rings. The maximum atomic E-state index is 12.3. The van der Waals surface area contributed by atoms with Gasteiger partial charge < -0.3 is 9.32 Å². The summed E-state index contributed by atoms with van der Waals surface area (Å²) >= 11 is 17.6. The molecule has 0 spiro atoms. The fourth-order valence-electron chi connectivity index (χ4n) is 5.99. The van der Waals surface area contributed by atoms with Gasteiger partial charge in [0.2, 0.25) is 5.43 Å². The van der Waals surface area contributed by atoms with Crippen molar-refractivity contribution in [1.29, 1.82) is 0 Å². The molecule has 0 N–H and O–H groups in total. The van der Waals surface area contributed by atoms with E-state index in [9.17, 15) is 4.79 Å². The molecule has 0 unspecified atom stereocenters. The number of benzene rings is 5. The molecule has 1 heterocycles. The van der Waals surface area contributed by atoms with Crippen molar-refractivity contribution in [3.05, 3.63) is 140 Å². The number of anilines is 1. The van der Waals surface area contributed by atoms with Gasteiger partial charge in [0.1, 0.15) is 11.3 Å². The number of halogens is 2. The highest BCUT2D eigenvalue weighted by Crippen LogP contribution is 2.43. The summed E-state index contributed by atoms with van der Waals surface area (Å²) < 4.78 is 6.07. The highest BCUT2D eigenvalue weighted by molar-refractivity contribution is 7.80. The Labute approximate surface area is 318 Å². The Morgan fingerprint density at radius 1 is 0.667 bits per heavy atom. The van der Waals surface area contributed by atoms with Gasteiger partial charge in [-0.25, -0.2) is 0 Å². The molecule has 1 aliphatic heterocycles. The first-order chi connectivity index (χ1) is 24.8. The van der Waals surface area contributed by atoms with Crippen LogP contribution in [0.25, 0.3) is 57.7 Å². The van der Waals surface area contributed by atoms with Gasteiger partial charge in [-0.3, -0.25) is 4.79 Å². The van der Waals surface area contributed by atoms with Crippen LogP contribution in [-0.2, 0) is 0 Å². The third-order valence-electron chi connectivity index (χ3n) is 8.72. The monoisotopic (exact) mass is 733 g/mol. The molecule has 3 nitrogen and oxygen atoms in total. The third kappa shape index (κ3) is 9.56. The fraction of sp³-hybridized carbons (Fsp3) is 0.222. The average Bonchev–Trinajstić information content (AvgIpc) is 3.15. The minimum atomic E-state index is -0.287. The summed E-state index contributed by atoms with van der Waals surface area (Å²) in [6.07, 6.45) is 13.4. The molecule has 51 heavy (non-hydrogen) atoms. The van der Waals surface area contributed by atoms with Crippen molar-refractivity contribution in [2.24, 2.45) is 0 Å². The summed E-state index contributed by atoms with van der Waals surface area (Å²) in [6.45, 7) is 10.7. The predicted molar refractivity (Wildman–Crippen MR) is 226 cm³/mol. The van der Waals surface area contributed by atoms with Gasteiger partial charge in [0.05, 0.1) is 5.02 Å². The number of hydrogen-bond acceptors (Lipinski definition) is 4. The summed E-state index contributed by atoms with van der Waals surface area (Å²) in [5.74, 6) is 0.457. The Kier molecular flexibility index (Phi) is 13.7. The second kappa shape index (κ2) is 18.3. The van der Waals surface area contributed by atoms with Gasteiger partial charge in [0.25, 0.3) is 0 Å². The van der Waals surface area contributed by atoms with Crippen LogP contribution in [0.2, 0.25) is 10.0 Å². The van der Waals surface area contributed by atoms with E-state index in [0.29, 0.717) is 16.4 Å². The first-order valence-corrected chi connectivity index (χ1v) is 19.0. The largest absolute Gasteiger partial charge is 0.456 e. The van der Waals surface area contributed by atoms with Crippen LogP contribution in [0.3, 0.4) is 0 Å². The van der Waals surface area contributed by atoms with Crippen LogP contribution in [0, 0.1) is 0 Å². The zero-order valence-corrected chi connectivity index (χ0v) is 32.2. The van der Waals surface area contributed by atoms with E-state index >= 15 is 0 Å². The van der Waals surface area contributed by atoms with E-state index in [2.05, 4.69) is 97.6 Å². The molecule has 262 valence electrons. The lowest BCUT2D eigenvalue weighted by molar-refractivity contribution is 0.619. The van der Waals surface area contributed by atoms with Gasteiger partial charge >= 0.3 is 0 Å². The molecule has 0 radical (unpaired) electrons. The van der Waals surface area contributed by atoms with Crippen molar-refractivity contribution in [1.82, 2.24) is 0 Å². The van der Waals surface area contributed by atoms with Crippen LogP contribution in [0.15, 0.2) is 111 Å². The number of thiol groups is 1. The van der Waals surface area contributed by atoms with Gasteiger partial charge in [-0.15, -0.1) is 12.6 Å². The molecular formula is C45H45Cl2NO2S. The zero-order valence-electron chi connectivity index (χ0n) is 29.8. The third-order valence-corrected chi connectivity index (χ3v) is 9.62. The van der Waals surface area contributed by atoms with Gasteiger partial charge in [-0.1, -0.05) is 137 Å². The van der Waals surface area contributed by atoms with E-state index in [4.69, 9.17) is 40.2 Å². The number of fused-ring (bicyclic) bond motifs is 2. The molecular weight excluding hydrogens is 689 g/mol. The number of unbranched alkanes of at least 4 members (excludes halogenated alkanes) is 2. The van der Waals surface area contributed by atoms with Crippen molar-refractivity contribution in [3.63, 3.8) is 0 Å². The fourth-order valence-corrected chi connectivity index (χ4v) is 6.66. The van der Waals surface area contributed by atoms with E-state index in [1.54, 1.807) is 12.1 Å². The van der Waals surface area contributed by atoms with E-state index < -0.39 is 0 Å². The second-order valence-corrected chi connectivity index (χ2v) is 13.6. The lowest BCUT2D eigenvalue weighted by Crippen LogP contribution is -2.25. The van der Waals surface area contributed by atoms with Crippen molar-refractivity contribution >= 4 is 76.8 Å². The average molecular weight is 735 g/mol. The topological polar surface area (TPSA) is 33.5 Å². The minimum Gasteiger partial charge on any atom is -0.456 e. The molecule has 6 rings (SSSR count). The van der Waals surface area contributed by atoms with Crippen LogP contribution in [0.4, 0.5) is 5.69 Å².